The van der Waals surface area contributed by atoms with E-state index in [2.05, 4.69) is 29.4 Å². The molecule has 0 amide bonds. The van der Waals surface area contributed by atoms with Gasteiger partial charge in [-0.15, -0.1) is 10.2 Å². The van der Waals surface area contributed by atoms with Crippen molar-refractivity contribution in [2.45, 2.75) is 32.7 Å². The minimum Gasteiger partial charge on any atom is -0.313 e. The van der Waals surface area contributed by atoms with Crippen LogP contribution >= 0.6 is 11.3 Å². The molecular formula is C8H15N3S. The number of aromatic nitrogens is 2. The first-order valence-corrected chi connectivity index (χ1v) is 5.06. The fraction of sp³-hybridized carbons (Fsp3) is 0.750. The molecule has 0 radical (unpaired) electrons. The highest BCUT2D eigenvalue weighted by molar-refractivity contribution is 7.11. The fourth-order valence-corrected chi connectivity index (χ4v) is 1.85. The van der Waals surface area contributed by atoms with E-state index in [1.165, 1.54) is 0 Å². The molecule has 1 heterocycles. The number of hydrogen-bond donors (Lipinski definition) is 1. The molecule has 0 aliphatic rings. The third-order valence-corrected chi connectivity index (χ3v) is 3.00. The Balaban J connectivity index is 2.63. The highest BCUT2D eigenvalue weighted by atomic mass is 32.1. The maximum Gasteiger partial charge on any atom is 0.131 e. The summed E-state index contributed by atoms with van der Waals surface area (Å²) in [5, 5.41) is 13.5. The lowest BCUT2D eigenvalue weighted by atomic mass is 10.1. The van der Waals surface area contributed by atoms with Crippen molar-refractivity contribution in [1.29, 1.82) is 0 Å². The quantitative estimate of drug-likeness (QED) is 0.777. The van der Waals surface area contributed by atoms with Gasteiger partial charge in [-0.05, 0) is 13.5 Å². The molecule has 4 heteroatoms. The van der Waals surface area contributed by atoms with Gasteiger partial charge in [0.1, 0.15) is 10.0 Å². The zero-order valence-corrected chi connectivity index (χ0v) is 8.61. The Kier molecular flexibility index (Phi) is 3.62. The topological polar surface area (TPSA) is 37.8 Å². The van der Waals surface area contributed by atoms with Gasteiger partial charge in [-0.1, -0.05) is 25.2 Å². The molecule has 0 saturated carbocycles. The van der Waals surface area contributed by atoms with Crippen molar-refractivity contribution in [3.05, 3.63) is 10.0 Å². The molecule has 3 nitrogen and oxygen atoms in total. The summed E-state index contributed by atoms with van der Waals surface area (Å²) >= 11 is 1.71. The van der Waals surface area contributed by atoms with E-state index in [0.29, 0.717) is 5.92 Å². The van der Waals surface area contributed by atoms with E-state index in [1.807, 2.05) is 7.05 Å². The third-order valence-electron chi connectivity index (χ3n) is 1.84. The average Bonchev–Trinajstić information content (AvgIpc) is 2.52. The minimum absolute atomic E-state index is 0.549. The summed E-state index contributed by atoms with van der Waals surface area (Å²) in [6, 6.07) is 0. The van der Waals surface area contributed by atoms with Gasteiger partial charge >= 0.3 is 0 Å². The molecule has 0 aromatic carbocycles. The van der Waals surface area contributed by atoms with Gasteiger partial charge in [0.2, 0.25) is 0 Å². The largest absolute Gasteiger partial charge is 0.313 e. The van der Waals surface area contributed by atoms with Crippen molar-refractivity contribution in [1.82, 2.24) is 15.5 Å². The van der Waals surface area contributed by atoms with E-state index >= 15 is 0 Å². The Morgan fingerprint density at radius 3 is 2.83 bits per heavy atom. The van der Waals surface area contributed by atoms with Crippen LogP contribution in [0.15, 0.2) is 0 Å². The van der Waals surface area contributed by atoms with Crippen molar-refractivity contribution >= 4 is 11.3 Å². The Labute approximate surface area is 77.2 Å². The van der Waals surface area contributed by atoms with Gasteiger partial charge < -0.3 is 5.32 Å². The normalized spacial score (nSPS) is 13.2. The number of rotatable bonds is 4. The lowest BCUT2D eigenvalue weighted by Crippen LogP contribution is -2.04. The summed E-state index contributed by atoms with van der Waals surface area (Å²) in [6.07, 6.45) is 1.13. The highest BCUT2D eigenvalue weighted by Crippen LogP contribution is 2.21. The van der Waals surface area contributed by atoms with E-state index in [0.717, 1.165) is 23.0 Å². The summed E-state index contributed by atoms with van der Waals surface area (Å²) in [5.74, 6) is 0.549. The Hall–Kier alpha value is -0.480. The first-order valence-electron chi connectivity index (χ1n) is 4.24. The zero-order valence-electron chi connectivity index (χ0n) is 7.79. The Bertz CT molecular complexity index is 234. The van der Waals surface area contributed by atoms with Crippen LogP contribution in [-0.4, -0.2) is 17.2 Å². The van der Waals surface area contributed by atoms with Crippen LogP contribution in [0.5, 0.6) is 0 Å². The van der Waals surface area contributed by atoms with Gasteiger partial charge in [-0.25, -0.2) is 0 Å². The number of nitrogens with one attached hydrogen (secondary N) is 1. The monoisotopic (exact) mass is 185 g/mol. The molecule has 1 aromatic rings. The second kappa shape index (κ2) is 4.52. The molecule has 1 rings (SSSR count). The first-order chi connectivity index (χ1) is 5.77. The molecule has 0 aliphatic carbocycles. The molecule has 0 spiro atoms. The summed E-state index contributed by atoms with van der Waals surface area (Å²) in [4.78, 5) is 0. The predicted molar refractivity (Wildman–Crippen MR) is 51.4 cm³/mol. The molecule has 1 unspecified atom stereocenters. The Morgan fingerprint density at radius 2 is 2.25 bits per heavy atom. The van der Waals surface area contributed by atoms with E-state index in [1.54, 1.807) is 11.3 Å². The van der Waals surface area contributed by atoms with Gasteiger partial charge in [-0.3, -0.25) is 0 Å². The molecule has 0 fully saturated rings. The molecule has 1 aromatic heterocycles. The molecule has 0 saturated heterocycles. The standard InChI is InChI=1S/C8H15N3S/c1-4-6(2)8-11-10-7(12-8)5-9-3/h6,9H,4-5H2,1-3H3. The van der Waals surface area contributed by atoms with Crippen LogP contribution in [0, 0.1) is 0 Å². The van der Waals surface area contributed by atoms with Gasteiger partial charge in [-0.2, -0.15) is 0 Å². The summed E-state index contributed by atoms with van der Waals surface area (Å²) in [6.45, 7) is 5.18. The third kappa shape index (κ3) is 2.25. The maximum absolute atomic E-state index is 4.13. The highest BCUT2D eigenvalue weighted by Gasteiger charge is 2.08. The SMILES string of the molecule is CCC(C)c1nnc(CNC)s1. The van der Waals surface area contributed by atoms with Crippen LogP contribution in [0.4, 0.5) is 0 Å². The summed E-state index contributed by atoms with van der Waals surface area (Å²) in [7, 11) is 1.92. The van der Waals surface area contributed by atoms with E-state index < -0.39 is 0 Å². The summed E-state index contributed by atoms with van der Waals surface area (Å²) in [5.41, 5.74) is 0. The van der Waals surface area contributed by atoms with E-state index in [4.69, 9.17) is 0 Å². The summed E-state index contributed by atoms with van der Waals surface area (Å²) < 4.78 is 0. The smallest absolute Gasteiger partial charge is 0.131 e. The van der Waals surface area contributed by atoms with Gasteiger partial charge in [0.05, 0.1) is 0 Å². The lowest BCUT2D eigenvalue weighted by molar-refractivity contribution is 0.710. The molecular weight excluding hydrogens is 170 g/mol. The zero-order chi connectivity index (χ0) is 8.97. The Morgan fingerprint density at radius 1 is 1.50 bits per heavy atom. The van der Waals surface area contributed by atoms with Crippen LogP contribution < -0.4 is 5.32 Å². The van der Waals surface area contributed by atoms with Crippen molar-refractivity contribution in [2.75, 3.05) is 7.05 Å². The van der Waals surface area contributed by atoms with E-state index in [9.17, 15) is 0 Å². The fourth-order valence-electron chi connectivity index (χ4n) is 0.863. The molecule has 1 atom stereocenters. The van der Waals surface area contributed by atoms with Gasteiger partial charge in [0.25, 0.3) is 0 Å². The second-order valence-corrected chi connectivity index (χ2v) is 3.97. The van der Waals surface area contributed by atoms with Crippen LogP contribution in [0.3, 0.4) is 0 Å². The van der Waals surface area contributed by atoms with Crippen molar-refractivity contribution < 1.29 is 0 Å². The van der Waals surface area contributed by atoms with Crippen LogP contribution in [0.2, 0.25) is 0 Å². The predicted octanol–water partition coefficient (Wildman–Crippen LogP) is 1.77. The second-order valence-electron chi connectivity index (χ2n) is 2.87. The maximum atomic E-state index is 4.13. The average molecular weight is 185 g/mol. The van der Waals surface area contributed by atoms with Gasteiger partial charge in [0, 0.05) is 12.5 Å². The van der Waals surface area contributed by atoms with Crippen LogP contribution in [0.25, 0.3) is 0 Å². The molecule has 12 heavy (non-hydrogen) atoms. The van der Waals surface area contributed by atoms with Crippen LogP contribution in [-0.2, 0) is 6.54 Å². The van der Waals surface area contributed by atoms with Crippen LogP contribution in [0.1, 0.15) is 36.2 Å². The van der Waals surface area contributed by atoms with E-state index in [-0.39, 0.29) is 0 Å². The molecule has 1 N–H and O–H groups in total. The van der Waals surface area contributed by atoms with Crippen molar-refractivity contribution in [3.63, 3.8) is 0 Å². The van der Waals surface area contributed by atoms with Gasteiger partial charge in [0.15, 0.2) is 0 Å². The lowest BCUT2D eigenvalue weighted by Gasteiger charge is -1.99. The number of nitrogens with zero attached hydrogens (tertiary/aromatic N) is 2. The molecule has 68 valence electrons. The van der Waals surface area contributed by atoms with Crippen molar-refractivity contribution in [2.24, 2.45) is 0 Å². The molecule has 0 bridgehead atoms. The first kappa shape index (κ1) is 9.61. The van der Waals surface area contributed by atoms with Crippen molar-refractivity contribution in [3.8, 4) is 0 Å². The number of hydrogen-bond acceptors (Lipinski definition) is 4. The minimum atomic E-state index is 0.549. The molecule has 0 aliphatic heterocycles.